The van der Waals surface area contributed by atoms with Gasteiger partial charge in [0.15, 0.2) is 12.6 Å². The Hall–Kier alpha value is -2.26. The van der Waals surface area contributed by atoms with Gasteiger partial charge in [0.25, 0.3) is 0 Å². The highest BCUT2D eigenvalue weighted by Gasteiger charge is 2.58. The average molecular weight is 443 g/mol. The highest BCUT2D eigenvalue weighted by atomic mass is 16.8. The second-order valence-corrected chi connectivity index (χ2v) is 7.98. The zero-order valence-electron chi connectivity index (χ0n) is 18.4. The molecule has 2 fully saturated rings. The minimum atomic E-state index is -1.48. The molecule has 2 heterocycles. The van der Waals surface area contributed by atoms with Crippen molar-refractivity contribution in [3.05, 3.63) is 78.4 Å². The first-order valence-corrected chi connectivity index (χ1v) is 10.7. The molecule has 32 heavy (non-hydrogen) atoms. The minimum absolute atomic E-state index is 0.211. The zero-order chi connectivity index (χ0) is 22.6. The molecule has 0 unspecified atom stereocenters. The lowest BCUT2D eigenvalue weighted by Crippen LogP contribution is -2.69. The summed E-state index contributed by atoms with van der Waals surface area (Å²) in [6.07, 6.45) is -1.41. The molecule has 2 aliphatic rings. The Kier molecular flexibility index (Phi) is 7.25. The molecule has 0 aliphatic carbocycles. The van der Waals surface area contributed by atoms with Crippen LogP contribution in [0.2, 0.25) is 0 Å². The maximum Gasteiger partial charge on any atom is 0.189 e. The number of rotatable bonds is 8. The molecule has 0 saturated carbocycles. The summed E-state index contributed by atoms with van der Waals surface area (Å²) >= 11 is 0. The average Bonchev–Trinajstić information content (AvgIpc) is 2.84. The predicted molar refractivity (Wildman–Crippen MR) is 117 cm³/mol. The van der Waals surface area contributed by atoms with Crippen molar-refractivity contribution in [2.75, 3.05) is 20.8 Å². The lowest BCUT2D eigenvalue weighted by atomic mass is 9.83. The van der Waals surface area contributed by atoms with Crippen LogP contribution in [-0.4, -0.2) is 56.1 Å². The maximum absolute atomic E-state index is 11.7. The Morgan fingerprint density at radius 2 is 1.84 bits per heavy atom. The molecule has 0 spiro atoms. The van der Waals surface area contributed by atoms with Crippen LogP contribution >= 0.6 is 0 Å². The summed E-state index contributed by atoms with van der Waals surface area (Å²) in [7, 11) is 3.12. The number of ether oxygens (including phenoxy) is 6. The smallest absolute Gasteiger partial charge is 0.189 e. The third-order valence-corrected chi connectivity index (χ3v) is 5.90. The Morgan fingerprint density at radius 3 is 2.50 bits per heavy atom. The van der Waals surface area contributed by atoms with Gasteiger partial charge in [-0.3, -0.25) is 0 Å². The van der Waals surface area contributed by atoms with Gasteiger partial charge in [-0.2, -0.15) is 0 Å². The van der Waals surface area contributed by atoms with Crippen LogP contribution in [0.15, 0.2) is 67.3 Å². The first-order valence-electron chi connectivity index (χ1n) is 10.7. The van der Waals surface area contributed by atoms with Crippen LogP contribution in [0.1, 0.15) is 23.8 Å². The standard InChI is InChI=1S/C25H30O7/c1-4-14-25(26)22(29-15-17-10-12-19(27-2)13-11-17)21-20(31-24(25)28-3)16-30-23(32-21)18-8-6-5-7-9-18/h4-13,20-24,26H,1,14-16H2,2-3H3/t20-,21-,22+,23-,24+,25+/m1/s1. The SMILES string of the molecule is C=CC[C@@]1(O)[C@@H](OC)O[C@@H]2CO[C@@H](c3ccccc3)O[C@H]2[C@@H]1OCc1ccc(OC)cc1. The molecule has 1 N–H and O–H groups in total. The molecule has 4 rings (SSSR count). The largest absolute Gasteiger partial charge is 0.497 e. The van der Waals surface area contributed by atoms with E-state index in [0.29, 0.717) is 0 Å². The second-order valence-electron chi connectivity index (χ2n) is 7.98. The van der Waals surface area contributed by atoms with Gasteiger partial charge in [-0.25, -0.2) is 0 Å². The van der Waals surface area contributed by atoms with E-state index in [4.69, 9.17) is 28.4 Å². The normalized spacial score (nSPS) is 32.2. The van der Waals surface area contributed by atoms with Crippen molar-refractivity contribution in [1.82, 2.24) is 0 Å². The topological polar surface area (TPSA) is 75.6 Å². The Labute approximate surface area is 188 Å². The van der Waals surface area contributed by atoms with E-state index in [0.717, 1.165) is 16.9 Å². The molecule has 172 valence electrons. The van der Waals surface area contributed by atoms with Gasteiger partial charge in [-0.05, 0) is 17.7 Å². The first-order chi connectivity index (χ1) is 15.6. The highest BCUT2D eigenvalue weighted by molar-refractivity contribution is 5.26. The van der Waals surface area contributed by atoms with Crippen molar-refractivity contribution < 1.29 is 33.5 Å². The molecule has 6 atom stereocenters. The molecule has 7 nitrogen and oxygen atoms in total. The van der Waals surface area contributed by atoms with Crippen molar-refractivity contribution in [2.45, 2.75) is 49.5 Å². The summed E-state index contributed by atoms with van der Waals surface area (Å²) < 4.78 is 35.3. The summed E-state index contributed by atoms with van der Waals surface area (Å²) in [5.74, 6) is 0.765. The number of methoxy groups -OCH3 is 2. The molecule has 0 aromatic heterocycles. The summed E-state index contributed by atoms with van der Waals surface area (Å²) in [4.78, 5) is 0. The van der Waals surface area contributed by atoms with Crippen molar-refractivity contribution in [3.63, 3.8) is 0 Å². The number of aliphatic hydroxyl groups is 1. The molecule has 2 aromatic rings. The number of benzene rings is 2. The molecular weight excluding hydrogens is 412 g/mol. The van der Waals surface area contributed by atoms with E-state index in [9.17, 15) is 5.11 Å². The molecular formula is C25H30O7. The third kappa shape index (κ3) is 4.59. The summed E-state index contributed by atoms with van der Waals surface area (Å²) in [5.41, 5.74) is 0.347. The monoisotopic (exact) mass is 442 g/mol. The molecule has 2 aromatic carbocycles. The van der Waals surface area contributed by atoms with Crippen molar-refractivity contribution in [2.24, 2.45) is 0 Å². The highest BCUT2D eigenvalue weighted by Crippen LogP contribution is 2.41. The third-order valence-electron chi connectivity index (χ3n) is 5.90. The van der Waals surface area contributed by atoms with Gasteiger partial charge in [0.1, 0.15) is 29.7 Å². The molecule has 2 saturated heterocycles. The van der Waals surface area contributed by atoms with Gasteiger partial charge in [0.2, 0.25) is 0 Å². The quantitative estimate of drug-likeness (QED) is 0.628. The van der Waals surface area contributed by atoms with E-state index in [1.54, 1.807) is 13.2 Å². The van der Waals surface area contributed by atoms with E-state index in [1.807, 2.05) is 54.6 Å². The Balaban J connectivity index is 1.60. The van der Waals surface area contributed by atoms with E-state index >= 15 is 0 Å². The van der Waals surface area contributed by atoms with E-state index in [2.05, 4.69) is 6.58 Å². The van der Waals surface area contributed by atoms with E-state index < -0.39 is 36.5 Å². The first kappa shape index (κ1) is 22.9. The molecule has 0 amide bonds. The number of fused-ring (bicyclic) bond motifs is 1. The van der Waals surface area contributed by atoms with Crippen molar-refractivity contribution >= 4 is 0 Å². The fourth-order valence-electron chi connectivity index (χ4n) is 4.26. The van der Waals surface area contributed by atoms with Gasteiger partial charge >= 0.3 is 0 Å². The molecule has 2 aliphatic heterocycles. The van der Waals surface area contributed by atoms with Crippen molar-refractivity contribution in [1.29, 1.82) is 0 Å². The van der Waals surface area contributed by atoms with Crippen LogP contribution in [-0.2, 0) is 30.3 Å². The number of hydrogen-bond donors (Lipinski definition) is 1. The second kappa shape index (κ2) is 10.1. The van der Waals surface area contributed by atoms with Gasteiger partial charge in [-0.15, -0.1) is 6.58 Å². The van der Waals surface area contributed by atoms with Crippen LogP contribution in [0.4, 0.5) is 0 Å². The van der Waals surface area contributed by atoms with Gasteiger partial charge in [0.05, 0.1) is 20.3 Å². The van der Waals surface area contributed by atoms with Crippen LogP contribution in [0.5, 0.6) is 5.75 Å². The Morgan fingerprint density at radius 1 is 1.09 bits per heavy atom. The summed E-state index contributed by atoms with van der Waals surface area (Å²) in [6, 6.07) is 17.3. The predicted octanol–water partition coefficient (Wildman–Crippen LogP) is 3.37. The fraction of sp³-hybridized carbons (Fsp3) is 0.440. The lowest BCUT2D eigenvalue weighted by molar-refractivity contribution is -0.389. The molecule has 0 bridgehead atoms. The molecule has 7 heteroatoms. The van der Waals surface area contributed by atoms with Gasteiger partial charge < -0.3 is 33.5 Å². The van der Waals surface area contributed by atoms with Crippen molar-refractivity contribution in [3.8, 4) is 5.75 Å². The summed E-state index contributed by atoms with van der Waals surface area (Å²) in [5, 5.41) is 11.7. The minimum Gasteiger partial charge on any atom is -0.497 e. The van der Waals surface area contributed by atoms with Crippen LogP contribution in [0.3, 0.4) is 0 Å². The van der Waals surface area contributed by atoms with E-state index in [1.165, 1.54) is 7.11 Å². The van der Waals surface area contributed by atoms with Gasteiger partial charge in [0, 0.05) is 19.1 Å². The van der Waals surface area contributed by atoms with Crippen LogP contribution in [0, 0.1) is 0 Å². The van der Waals surface area contributed by atoms with Crippen LogP contribution in [0.25, 0.3) is 0 Å². The maximum atomic E-state index is 11.7. The zero-order valence-corrected chi connectivity index (χ0v) is 18.4. The molecule has 0 radical (unpaired) electrons. The van der Waals surface area contributed by atoms with Crippen LogP contribution < -0.4 is 4.74 Å². The Bertz CT molecular complexity index is 872. The number of hydrogen-bond acceptors (Lipinski definition) is 7. The lowest BCUT2D eigenvalue weighted by Gasteiger charge is -2.52. The van der Waals surface area contributed by atoms with E-state index in [-0.39, 0.29) is 19.6 Å². The fourth-order valence-corrected chi connectivity index (χ4v) is 4.26. The summed E-state index contributed by atoms with van der Waals surface area (Å²) in [6.45, 7) is 4.36. The van der Waals surface area contributed by atoms with Gasteiger partial charge in [-0.1, -0.05) is 48.5 Å².